The van der Waals surface area contributed by atoms with Crippen molar-refractivity contribution in [2.24, 2.45) is 0 Å². The fraction of sp³-hybridized carbons (Fsp3) is 0.0500. The van der Waals surface area contributed by atoms with Crippen LogP contribution in [-0.2, 0) is 0 Å². The largest absolute Gasteiger partial charge is 0.497 e. The Balaban J connectivity index is 1.97. The Morgan fingerprint density at radius 1 is 0.875 bits per heavy atom. The molecule has 0 saturated carbocycles. The summed E-state index contributed by atoms with van der Waals surface area (Å²) in [7, 11) is 1.67. The van der Waals surface area contributed by atoms with Gasteiger partial charge in [-0.3, -0.25) is 0 Å². The summed E-state index contributed by atoms with van der Waals surface area (Å²) in [6.45, 7) is 0. The van der Waals surface area contributed by atoms with Gasteiger partial charge in [0.1, 0.15) is 5.75 Å². The number of rotatable bonds is 3. The predicted molar refractivity (Wildman–Crippen MR) is 98.1 cm³/mol. The van der Waals surface area contributed by atoms with Crippen molar-refractivity contribution in [2.75, 3.05) is 7.11 Å². The molecule has 118 valence electrons. The van der Waals surface area contributed by atoms with Crippen molar-refractivity contribution < 1.29 is 4.74 Å². The maximum absolute atomic E-state index is 6.02. The molecule has 3 aromatic carbocycles. The van der Waals surface area contributed by atoms with Crippen LogP contribution in [-0.4, -0.2) is 16.9 Å². The number of hydrogen-bond acceptors (Lipinski definition) is 2. The van der Waals surface area contributed by atoms with E-state index in [2.05, 4.69) is 18.2 Å². The van der Waals surface area contributed by atoms with Gasteiger partial charge < -0.3 is 4.74 Å². The Morgan fingerprint density at radius 2 is 1.58 bits per heavy atom. The standard InChI is InChI=1S/C20H15ClN2O/c1-24-17-12-6-14(7-13-17)20-18-4-2-3-5-19(18)22-23(20)16-10-8-15(21)9-11-16/h2-13H,1H3. The van der Waals surface area contributed by atoms with Gasteiger partial charge in [0.05, 0.1) is 24.0 Å². The molecule has 1 heterocycles. The van der Waals surface area contributed by atoms with Gasteiger partial charge in [-0.05, 0) is 54.6 Å². The molecule has 0 unspecified atom stereocenters. The van der Waals surface area contributed by atoms with E-state index in [1.165, 1.54) is 0 Å². The van der Waals surface area contributed by atoms with Gasteiger partial charge in [0.25, 0.3) is 0 Å². The topological polar surface area (TPSA) is 27.1 Å². The lowest BCUT2D eigenvalue weighted by molar-refractivity contribution is 0.415. The van der Waals surface area contributed by atoms with Crippen molar-refractivity contribution in [3.8, 4) is 22.7 Å². The highest BCUT2D eigenvalue weighted by molar-refractivity contribution is 6.30. The summed E-state index contributed by atoms with van der Waals surface area (Å²) in [4.78, 5) is 0. The van der Waals surface area contributed by atoms with Crippen molar-refractivity contribution in [1.29, 1.82) is 0 Å². The minimum atomic E-state index is 0.710. The number of methoxy groups -OCH3 is 1. The van der Waals surface area contributed by atoms with Crippen molar-refractivity contribution in [3.05, 3.63) is 77.8 Å². The van der Waals surface area contributed by atoms with Crippen LogP contribution in [0.4, 0.5) is 0 Å². The third-order valence-corrected chi connectivity index (χ3v) is 4.27. The molecule has 0 fully saturated rings. The van der Waals surface area contributed by atoms with Gasteiger partial charge >= 0.3 is 0 Å². The predicted octanol–water partition coefficient (Wildman–Crippen LogP) is 5.35. The Bertz CT molecular complexity index is 989. The maximum Gasteiger partial charge on any atom is 0.118 e. The third kappa shape index (κ3) is 2.53. The van der Waals surface area contributed by atoms with Crippen LogP contribution >= 0.6 is 11.6 Å². The molecule has 0 aliphatic heterocycles. The fourth-order valence-electron chi connectivity index (χ4n) is 2.83. The maximum atomic E-state index is 6.02. The zero-order valence-electron chi connectivity index (χ0n) is 13.1. The van der Waals surface area contributed by atoms with Crippen LogP contribution < -0.4 is 4.74 Å². The van der Waals surface area contributed by atoms with E-state index in [4.69, 9.17) is 21.4 Å². The van der Waals surface area contributed by atoms with Crippen LogP contribution in [0, 0.1) is 0 Å². The van der Waals surface area contributed by atoms with Gasteiger partial charge in [-0.1, -0.05) is 29.8 Å². The molecule has 0 aliphatic rings. The zero-order valence-corrected chi connectivity index (χ0v) is 13.9. The zero-order chi connectivity index (χ0) is 16.5. The highest BCUT2D eigenvalue weighted by atomic mass is 35.5. The smallest absolute Gasteiger partial charge is 0.118 e. The first-order chi connectivity index (χ1) is 11.8. The lowest BCUT2D eigenvalue weighted by Gasteiger charge is -2.09. The number of hydrogen-bond donors (Lipinski definition) is 0. The molecular formula is C20H15ClN2O. The molecule has 0 aliphatic carbocycles. The highest BCUT2D eigenvalue weighted by Gasteiger charge is 2.14. The first-order valence-electron chi connectivity index (χ1n) is 7.64. The van der Waals surface area contributed by atoms with Crippen LogP contribution in [0.5, 0.6) is 5.75 Å². The average molecular weight is 335 g/mol. The molecule has 0 amide bonds. The van der Waals surface area contributed by atoms with Gasteiger partial charge in [0.15, 0.2) is 0 Å². The molecule has 4 aromatic rings. The SMILES string of the molecule is COc1ccc(-c2c3ccccc3nn2-c2ccc(Cl)cc2)cc1. The second-order valence-electron chi connectivity index (χ2n) is 5.48. The van der Waals surface area contributed by atoms with E-state index >= 15 is 0 Å². The summed E-state index contributed by atoms with van der Waals surface area (Å²) in [6.07, 6.45) is 0. The highest BCUT2D eigenvalue weighted by Crippen LogP contribution is 2.32. The molecule has 1 aromatic heterocycles. The molecule has 24 heavy (non-hydrogen) atoms. The molecule has 0 bridgehead atoms. The monoisotopic (exact) mass is 334 g/mol. The molecule has 0 radical (unpaired) electrons. The number of fused-ring (bicyclic) bond motifs is 1. The van der Waals surface area contributed by atoms with Crippen LogP contribution in [0.2, 0.25) is 5.02 Å². The van der Waals surface area contributed by atoms with E-state index in [1.807, 2.05) is 59.3 Å². The van der Waals surface area contributed by atoms with Crippen LogP contribution in [0.3, 0.4) is 0 Å². The number of halogens is 1. The van der Waals surface area contributed by atoms with E-state index in [1.54, 1.807) is 7.11 Å². The van der Waals surface area contributed by atoms with Crippen molar-refractivity contribution in [2.45, 2.75) is 0 Å². The van der Waals surface area contributed by atoms with Crippen LogP contribution in [0.15, 0.2) is 72.8 Å². The minimum absolute atomic E-state index is 0.710. The molecule has 0 N–H and O–H groups in total. The molecular weight excluding hydrogens is 320 g/mol. The molecule has 3 nitrogen and oxygen atoms in total. The third-order valence-electron chi connectivity index (χ3n) is 4.01. The van der Waals surface area contributed by atoms with Gasteiger partial charge in [-0.25, -0.2) is 4.68 Å². The second kappa shape index (κ2) is 6.02. The fourth-order valence-corrected chi connectivity index (χ4v) is 2.95. The number of benzene rings is 3. The van der Waals surface area contributed by atoms with Gasteiger partial charge in [-0.15, -0.1) is 0 Å². The van der Waals surface area contributed by atoms with Gasteiger partial charge in [0.2, 0.25) is 0 Å². The molecule has 4 rings (SSSR count). The first kappa shape index (κ1) is 14.8. The Kier molecular flexibility index (Phi) is 3.71. The summed E-state index contributed by atoms with van der Waals surface area (Å²) in [5, 5.41) is 6.59. The van der Waals surface area contributed by atoms with E-state index in [0.717, 1.165) is 33.6 Å². The van der Waals surface area contributed by atoms with Crippen molar-refractivity contribution >= 4 is 22.5 Å². The normalized spacial score (nSPS) is 10.9. The number of nitrogens with zero attached hydrogens (tertiary/aromatic N) is 2. The van der Waals surface area contributed by atoms with E-state index in [0.29, 0.717) is 5.02 Å². The lowest BCUT2D eigenvalue weighted by atomic mass is 10.1. The average Bonchev–Trinajstić information content (AvgIpc) is 3.02. The minimum Gasteiger partial charge on any atom is -0.497 e. The van der Waals surface area contributed by atoms with Crippen molar-refractivity contribution in [3.63, 3.8) is 0 Å². The molecule has 0 spiro atoms. The van der Waals surface area contributed by atoms with Crippen LogP contribution in [0.25, 0.3) is 27.8 Å². The first-order valence-corrected chi connectivity index (χ1v) is 8.02. The van der Waals surface area contributed by atoms with Gasteiger partial charge in [-0.2, -0.15) is 5.10 Å². The van der Waals surface area contributed by atoms with Gasteiger partial charge in [0, 0.05) is 16.0 Å². The van der Waals surface area contributed by atoms with E-state index in [-0.39, 0.29) is 0 Å². The summed E-state index contributed by atoms with van der Waals surface area (Å²) in [6, 6.07) is 23.9. The van der Waals surface area contributed by atoms with E-state index < -0.39 is 0 Å². The molecule has 4 heteroatoms. The number of ether oxygens (including phenoxy) is 1. The Labute approximate surface area is 145 Å². The summed E-state index contributed by atoms with van der Waals surface area (Å²) >= 11 is 6.02. The Morgan fingerprint density at radius 3 is 2.29 bits per heavy atom. The lowest BCUT2D eigenvalue weighted by Crippen LogP contribution is -1.98. The Hall–Kier alpha value is -2.78. The van der Waals surface area contributed by atoms with Crippen LogP contribution in [0.1, 0.15) is 0 Å². The second-order valence-corrected chi connectivity index (χ2v) is 5.92. The van der Waals surface area contributed by atoms with Crippen molar-refractivity contribution in [1.82, 2.24) is 9.78 Å². The van der Waals surface area contributed by atoms with E-state index in [9.17, 15) is 0 Å². The summed E-state index contributed by atoms with van der Waals surface area (Å²) in [5.41, 5.74) is 4.06. The quantitative estimate of drug-likeness (QED) is 0.504. The molecule has 0 saturated heterocycles. The summed E-state index contributed by atoms with van der Waals surface area (Å²) in [5.74, 6) is 0.834. The molecule has 0 atom stereocenters. The number of aromatic nitrogens is 2. The summed E-state index contributed by atoms with van der Waals surface area (Å²) < 4.78 is 7.23.